The Morgan fingerprint density at radius 3 is 2.55 bits per heavy atom. The number of amides is 3. The molecule has 156 valence electrons. The van der Waals surface area contributed by atoms with Crippen LogP contribution in [-0.4, -0.2) is 53.5 Å². The number of carbonyl (C=O) groups excluding carboxylic acids is 3. The number of nitrogens with zero attached hydrogens (tertiary/aromatic N) is 1. The molecule has 2 aliphatic rings. The molecule has 1 aliphatic heterocycles. The van der Waals surface area contributed by atoms with Gasteiger partial charge in [-0.1, -0.05) is 42.8 Å². The van der Waals surface area contributed by atoms with Gasteiger partial charge in [0.05, 0.1) is 35.2 Å². The van der Waals surface area contributed by atoms with Crippen molar-refractivity contribution in [2.24, 2.45) is 23.7 Å². The topological polar surface area (TPSA) is 98.7 Å². The van der Waals surface area contributed by atoms with Crippen molar-refractivity contribution in [1.82, 2.24) is 10.2 Å². The van der Waals surface area contributed by atoms with E-state index in [0.717, 1.165) is 0 Å². The molecule has 0 radical (unpaired) electrons. The third-order valence-electron chi connectivity index (χ3n) is 5.90. The van der Waals surface area contributed by atoms with Gasteiger partial charge in [-0.2, -0.15) is 0 Å². The van der Waals surface area contributed by atoms with Crippen LogP contribution in [-0.2, 0) is 14.4 Å². The molecule has 1 fully saturated rings. The van der Waals surface area contributed by atoms with E-state index in [1.807, 2.05) is 19.1 Å². The molecule has 0 bridgehead atoms. The number of anilines is 1. The van der Waals surface area contributed by atoms with Crippen LogP contribution in [0.5, 0.6) is 0 Å². The lowest BCUT2D eigenvalue weighted by atomic mass is 9.70. The molecule has 3 N–H and O–H groups in total. The molecule has 3 rings (SSSR count). The molecule has 1 saturated heterocycles. The number of aliphatic hydroxyl groups is 1. The van der Waals surface area contributed by atoms with Gasteiger partial charge in [0.15, 0.2) is 0 Å². The Bertz CT molecular complexity index is 843. The Balaban J connectivity index is 2.00. The van der Waals surface area contributed by atoms with E-state index in [1.54, 1.807) is 31.2 Å². The molecule has 1 aromatic carbocycles. The minimum Gasteiger partial charge on any atom is -0.394 e. The zero-order chi connectivity index (χ0) is 21.3. The molecular weight excluding hydrogens is 394 g/mol. The largest absolute Gasteiger partial charge is 0.394 e. The molecule has 7 nitrogen and oxygen atoms in total. The Hall–Kier alpha value is -2.38. The summed E-state index contributed by atoms with van der Waals surface area (Å²) in [5.74, 6) is -2.77. The molecule has 3 amide bonds. The molecular formula is C21H26ClN3O4. The van der Waals surface area contributed by atoms with E-state index in [1.165, 1.54) is 11.9 Å². The van der Waals surface area contributed by atoms with E-state index in [-0.39, 0.29) is 24.3 Å². The van der Waals surface area contributed by atoms with Crippen LogP contribution in [0.3, 0.4) is 0 Å². The van der Waals surface area contributed by atoms with Gasteiger partial charge in [-0.15, -0.1) is 0 Å². The van der Waals surface area contributed by atoms with Crippen molar-refractivity contribution in [2.75, 3.05) is 19.0 Å². The summed E-state index contributed by atoms with van der Waals surface area (Å²) in [5.41, 5.74) is 0.447. The maximum Gasteiger partial charge on any atom is 0.247 e. The van der Waals surface area contributed by atoms with E-state index in [0.29, 0.717) is 10.7 Å². The standard InChI is InChI=1S/C21H26ClN3O4/c1-11-8-9-13-17(16(11)19(27)23-3)21(29)25(12(2)10-26)18(13)20(28)24-15-7-5-4-6-14(15)22/h4-9,11-13,16-18,26H,10H2,1-3H3,(H,23,27)(H,24,28)/t11-,12-,13+,16-,17+,18+/m1/s1. The van der Waals surface area contributed by atoms with E-state index in [2.05, 4.69) is 10.6 Å². The highest BCUT2D eigenvalue weighted by Crippen LogP contribution is 2.44. The van der Waals surface area contributed by atoms with Crippen LogP contribution in [0, 0.1) is 23.7 Å². The molecule has 1 aliphatic carbocycles. The number of nitrogens with one attached hydrogen (secondary N) is 2. The van der Waals surface area contributed by atoms with Gasteiger partial charge >= 0.3 is 0 Å². The Morgan fingerprint density at radius 2 is 1.93 bits per heavy atom. The number of benzene rings is 1. The fourth-order valence-electron chi connectivity index (χ4n) is 4.44. The SMILES string of the molecule is CNC(=O)[C@H]1[C@H]2C(=O)N([C@H](C)CO)[C@H](C(=O)Nc3ccccc3Cl)[C@H]2C=C[C@H]1C. The predicted octanol–water partition coefficient (Wildman–Crippen LogP) is 1.67. The van der Waals surface area contributed by atoms with Crippen molar-refractivity contribution in [1.29, 1.82) is 0 Å². The second-order valence-electron chi connectivity index (χ2n) is 7.68. The normalized spacial score (nSPS) is 29.3. The average molecular weight is 420 g/mol. The van der Waals surface area contributed by atoms with Crippen LogP contribution < -0.4 is 10.6 Å². The fraction of sp³-hybridized carbons (Fsp3) is 0.476. The number of allylic oxidation sites excluding steroid dienone is 1. The quantitative estimate of drug-likeness (QED) is 0.632. The van der Waals surface area contributed by atoms with Gasteiger partial charge in [0.1, 0.15) is 6.04 Å². The summed E-state index contributed by atoms with van der Waals surface area (Å²) < 4.78 is 0. The van der Waals surface area contributed by atoms with Crippen LogP contribution in [0.25, 0.3) is 0 Å². The number of hydrogen-bond acceptors (Lipinski definition) is 4. The monoisotopic (exact) mass is 419 g/mol. The maximum absolute atomic E-state index is 13.3. The zero-order valence-corrected chi connectivity index (χ0v) is 17.4. The number of aliphatic hydroxyl groups excluding tert-OH is 1. The van der Waals surface area contributed by atoms with E-state index in [9.17, 15) is 19.5 Å². The molecule has 8 heteroatoms. The highest BCUT2D eigenvalue weighted by Gasteiger charge is 2.57. The number of hydrogen-bond donors (Lipinski definition) is 3. The highest BCUT2D eigenvalue weighted by atomic mass is 35.5. The van der Waals surface area contributed by atoms with Crippen LogP contribution in [0.4, 0.5) is 5.69 Å². The summed E-state index contributed by atoms with van der Waals surface area (Å²) in [6.07, 6.45) is 3.74. The molecule has 29 heavy (non-hydrogen) atoms. The van der Waals surface area contributed by atoms with Crippen LogP contribution >= 0.6 is 11.6 Å². The summed E-state index contributed by atoms with van der Waals surface area (Å²) in [6.45, 7) is 3.29. The van der Waals surface area contributed by atoms with Crippen LogP contribution in [0.2, 0.25) is 5.02 Å². The molecule has 0 saturated carbocycles. The van der Waals surface area contributed by atoms with Gasteiger partial charge < -0.3 is 20.6 Å². The fourth-order valence-corrected chi connectivity index (χ4v) is 4.63. The van der Waals surface area contributed by atoms with E-state index < -0.39 is 35.7 Å². The lowest BCUT2D eigenvalue weighted by Crippen LogP contribution is -2.49. The van der Waals surface area contributed by atoms with Gasteiger partial charge in [0, 0.05) is 13.0 Å². The first-order chi connectivity index (χ1) is 13.8. The number of fused-ring (bicyclic) bond motifs is 1. The minimum absolute atomic E-state index is 0.142. The smallest absolute Gasteiger partial charge is 0.247 e. The Kier molecular flexibility index (Phi) is 6.29. The van der Waals surface area contributed by atoms with Crippen molar-refractivity contribution in [2.45, 2.75) is 25.9 Å². The third kappa shape index (κ3) is 3.76. The van der Waals surface area contributed by atoms with E-state index >= 15 is 0 Å². The first kappa shape index (κ1) is 21.3. The predicted molar refractivity (Wildman–Crippen MR) is 110 cm³/mol. The van der Waals surface area contributed by atoms with Crippen molar-refractivity contribution in [3.8, 4) is 0 Å². The number of carbonyl (C=O) groups is 3. The van der Waals surface area contributed by atoms with Gasteiger partial charge in [0.25, 0.3) is 0 Å². The van der Waals surface area contributed by atoms with Crippen LogP contribution in [0.1, 0.15) is 13.8 Å². The first-order valence-corrected chi connectivity index (χ1v) is 10.1. The molecule has 1 heterocycles. The number of para-hydroxylation sites is 1. The van der Waals surface area contributed by atoms with Crippen molar-refractivity contribution >= 4 is 35.0 Å². The maximum atomic E-state index is 13.3. The van der Waals surface area contributed by atoms with Gasteiger partial charge in [-0.05, 0) is 25.0 Å². The number of rotatable bonds is 5. The zero-order valence-electron chi connectivity index (χ0n) is 16.6. The van der Waals surface area contributed by atoms with Gasteiger partial charge in [-0.3, -0.25) is 14.4 Å². The summed E-state index contributed by atoms with van der Waals surface area (Å²) >= 11 is 6.17. The Morgan fingerprint density at radius 1 is 1.24 bits per heavy atom. The van der Waals surface area contributed by atoms with Gasteiger partial charge in [-0.25, -0.2) is 0 Å². The second-order valence-corrected chi connectivity index (χ2v) is 8.09. The minimum atomic E-state index is -0.846. The molecule has 6 atom stereocenters. The summed E-state index contributed by atoms with van der Waals surface area (Å²) in [5, 5.41) is 15.5. The summed E-state index contributed by atoms with van der Waals surface area (Å²) in [6, 6.07) is 5.44. The third-order valence-corrected chi connectivity index (χ3v) is 6.23. The number of halogens is 1. The molecule has 0 unspecified atom stereocenters. The van der Waals surface area contributed by atoms with Crippen LogP contribution in [0.15, 0.2) is 36.4 Å². The second kappa shape index (κ2) is 8.55. The molecule has 1 aromatic rings. The summed E-state index contributed by atoms with van der Waals surface area (Å²) in [4.78, 5) is 40.5. The van der Waals surface area contributed by atoms with Crippen molar-refractivity contribution < 1.29 is 19.5 Å². The van der Waals surface area contributed by atoms with E-state index in [4.69, 9.17) is 11.6 Å². The molecule has 0 spiro atoms. The Labute approximate surface area is 175 Å². The average Bonchev–Trinajstić information content (AvgIpc) is 3.01. The van der Waals surface area contributed by atoms with Crippen molar-refractivity contribution in [3.63, 3.8) is 0 Å². The highest BCUT2D eigenvalue weighted by molar-refractivity contribution is 6.33. The number of likely N-dealkylation sites (tertiary alicyclic amines) is 1. The lowest BCUT2D eigenvalue weighted by molar-refractivity contribution is -0.142. The van der Waals surface area contributed by atoms with Gasteiger partial charge in [0.2, 0.25) is 17.7 Å². The lowest BCUT2D eigenvalue weighted by Gasteiger charge is -2.32. The van der Waals surface area contributed by atoms with Crippen molar-refractivity contribution in [3.05, 3.63) is 41.4 Å². The first-order valence-electron chi connectivity index (χ1n) is 9.70. The summed E-state index contributed by atoms with van der Waals surface area (Å²) in [7, 11) is 1.54. The molecule has 0 aromatic heterocycles.